The first kappa shape index (κ1) is 12.1. The summed E-state index contributed by atoms with van der Waals surface area (Å²) in [5.74, 6) is -1.86. The van der Waals surface area contributed by atoms with Crippen LogP contribution in [0.2, 0.25) is 5.15 Å². The minimum Gasteiger partial charge on any atom is -0.267 e. The largest absolute Gasteiger partial charge is 0.452 e. The number of nitrogens with zero attached hydrogens (tertiary/aromatic N) is 4. The smallest absolute Gasteiger partial charge is 0.267 e. The van der Waals surface area contributed by atoms with Crippen LogP contribution in [0.5, 0.6) is 0 Å². The summed E-state index contributed by atoms with van der Waals surface area (Å²) in [6, 6.07) is 3.18. The maximum Gasteiger partial charge on any atom is 0.452 e. The molecule has 2 heterocycles. The van der Waals surface area contributed by atoms with Crippen LogP contribution in [0.25, 0.3) is 16.7 Å². The van der Waals surface area contributed by atoms with Crippen LogP contribution in [0.1, 0.15) is 5.82 Å². The number of rotatable bonds is 0. The van der Waals surface area contributed by atoms with Crippen LogP contribution in [0.4, 0.5) is 17.6 Å². The first-order valence-corrected chi connectivity index (χ1v) is 5.33. The van der Waals surface area contributed by atoms with Gasteiger partial charge in [0.05, 0.1) is 11.0 Å². The van der Waals surface area contributed by atoms with Crippen LogP contribution in [-0.2, 0) is 6.18 Å². The lowest BCUT2D eigenvalue weighted by Gasteiger charge is -2.07. The van der Waals surface area contributed by atoms with Gasteiger partial charge in [-0.1, -0.05) is 11.6 Å². The predicted octanol–water partition coefficient (Wildman–Crippen LogP) is 3.09. The highest BCUT2D eigenvalue weighted by molar-refractivity contribution is 6.32. The molecule has 9 heteroatoms. The van der Waals surface area contributed by atoms with E-state index in [2.05, 4.69) is 15.2 Å². The van der Waals surface area contributed by atoms with E-state index in [4.69, 9.17) is 11.6 Å². The van der Waals surface area contributed by atoms with Crippen LogP contribution >= 0.6 is 11.6 Å². The summed E-state index contributed by atoms with van der Waals surface area (Å²) < 4.78 is 52.3. The van der Waals surface area contributed by atoms with Gasteiger partial charge in [0.15, 0.2) is 10.8 Å². The number of fused-ring (bicyclic) bond motifs is 3. The Kier molecular flexibility index (Phi) is 2.40. The zero-order valence-electron chi connectivity index (χ0n) is 8.91. The minimum absolute atomic E-state index is 0.0113. The Morgan fingerprint density at radius 1 is 1.16 bits per heavy atom. The quantitative estimate of drug-likeness (QED) is 0.598. The van der Waals surface area contributed by atoms with Gasteiger partial charge < -0.3 is 0 Å². The average molecular weight is 291 g/mol. The standard InChI is InChI=1S/C10H3ClF4N4/c11-7-8-17-18-9(10(13,14)15)19(8)6-2-1-4(12)3-5(6)16-7/h1-3H. The van der Waals surface area contributed by atoms with E-state index in [0.717, 1.165) is 12.1 Å². The predicted molar refractivity (Wildman–Crippen MR) is 58.3 cm³/mol. The maximum atomic E-state index is 13.1. The summed E-state index contributed by atoms with van der Waals surface area (Å²) in [4.78, 5) is 3.79. The van der Waals surface area contributed by atoms with Crippen molar-refractivity contribution in [3.63, 3.8) is 0 Å². The van der Waals surface area contributed by atoms with E-state index < -0.39 is 17.8 Å². The van der Waals surface area contributed by atoms with Crippen molar-refractivity contribution >= 4 is 28.3 Å². The third-order valence-electron chi connectivity index (χ3n) is 2.50. The Morgan fingerprint density at radius 2 is 1.89 bits per heavy atom. The zero-order chi connectivity index (χ0) is 13.8. The van der Waals surface area contributed by atoms with Gasteiger partial charge >= 0.3 is 6.18 Å². The van der Waals surface area contributed by atoms with Crippen molar-refractivity contribution in [2.75, 3.05) is 0 Å². The molecule has 0 atom stereocenters. The molecule has 3 aromatic rings. The summed E-state index contributed by atoms with van der Waals surface area (Å²) in [6.45, 7) is 0. The van der Waals surface area contributed by atoms with Crippen molar-refractivity contribution in [1.82, 2.24) is 19.6 Å². The molecule has 0 aliphatic heterocycles. The normalized spacial score (nSPS) is 12.5. The van der Waals surface area contributed by atoms with Crippen LogP contribution in [0, 0.1) is 5.82 Å². The summed E-state index contributed by atoms with van der Waals surface area (Å²) in [6.07, 6.45) is -4.70. The average Bonchev–Trinajstić information content (AvgIpc) is 2.73. The maximum absolute atomic E-state index is 13.1. The van der Waals surface area contributed by atoms with Crippen LogP contribution in [0.3, 0.4) is 0 Å². The van der Waals surface area contributed by atoms with Crippen molar-refractivity contribution in [1.29, 1.82) is 0 Å². The van der Waals surface area contributed by atoms with Gasteiger partial charge in [0.1, 0.15) is 5.82 Å². The fourth-order valence-electron chi connectivity index (χ4n) is 1.76. The first-order chi connectivity index (χ1) is 8.88. The van der Waals surface area contributed by atoms with Gasteiger partial charge in [-0.3, -0.25) is 4.40 Å². The second-order valence-electron chi connectivity index (χ2n) is 3.72. The Hall–Kier alpha value is -1.96. The molecule has 0 fully saturated rings. The number of benzene rings is 1. The fourth-order valence-corrected chi connectivity index (χ4v) is 1.97. The third kappa shape index (κ3) is 1.79. The second kappa shape index (κ2) is 3.77. The highest BCUT2D eigenvalue weighted by atomic mass is 35.5. The van der Waals surface area contributed by atoms with E-state index in [0.29, 0.717) is 4.40 Å². The molecule has 98 valence electrons. The van der Waals surface area contributed by atoms with Crippen molar-refractivity contribution < 1.29 is 17.6 Å². The monoisotopic (exact) mass is 290 g/mol. The molecule has 0 spiro atoms. The molecule has 0 saturated carbocycles. The molecule has 0 saturated heterocycles. The SMILES string of the molecule is Fc1ccc2c(c1)nc(Cl)c1nnc(C(F)(F)F)n12. The summed E-state index contributed by atoms with van der Waals surface area (Å²) >= 11 is 5.73. The number of aromatic nitrogens is 4. The first-order valence-electron chi connectivity index (χ1n) is 4.95. The lowest BCUT2D eigenvalue weighted by molar-refractivity contribution is -0.145. The van der Waals surface area contributed by atoms with E-state index >= 15 is 0 Å². The number of halogens is 5. The Labute approximate surface area is 107 Å². The van der Waals surface area contributed by atoms with Gasteiger partial charge in [-0.05, 0) is 12.1 Å². The van der Waals surface area contributed by atoms with E-state index in [1.54, 1.807) is 0 Å². The Bertz CT molecular complexity index is 795. The molecule has 3 rings (SSSR count). The van der Waals surface area contributed by atoms with E-state index in [1.807, 2.05) is 0 Å². The molecule has 1 aromatic carbocycles. The molecule has 2 aromatic heterocycles. The summed E-state index contributed by atoms with van der Waals surface area (Å²) in [7, 11) is 0. The summed E-state index contributed by atoms with van der Waals surface area (Å²) in [5.41, 5.74) is -0.214. The molecule has 0 radical (unpaired) electrons. The highest BCUT2D eigenvalue weighted by Crippen LogP contribution is 2.31. The van der Waals surface area contributed by atoms with Crippen LogP contribution < -0.4 is 0 Å². The van der Waals surface area contributed by atoms with Crippen molar-refractivity contribution in [2.45, 2.75) is 6.18 Å². The molecule has 0 N–H and O–H groups in total. The highest BCUT2D eigenvalue weighted by Gasteiger charge is 2.38. The number of hydrogen-bond acceptors (Lipinski definition) is 3. The molecule has 0 unspecified atom stereocenters. The molecule has 4 nitrogen and oxygen atoms in total. The third-order valence-corrected chi connectivity index (χ3v) is 2.75. The Morgan fingerprint density at radius 3 is 2.58 bits per heavy atom. The Balaban J connectivity index is 2.54. The van der Waals surface area contributed by atoms with Crippen molar-refractivity contribution in [3.8, 4) is 0 Å². The van der Waals surface area contributed by atoms with Gasteiger partial charge in [-0.2, -0.15) is 13.2 Å². The molecular formula is C10H3ClF4N4. The number of alkyl halides is 3. The van der Waals surface area contributed by atoms with Gasteiger partial charge in [-0.15, -0.1) is 10.2 Å². The lowest BCUT2D eigenvalue weighted by Crippen LogP contribution is -2.11. The van der Waals surface area contributed by atoms with Crippen LogP contribution in [0.15, 0.2) is 18.2 Å². The minimum atomic E-state index is -4.70. The lowest BCUT2D eigenvalue weighted by atomic mass is 10.3. The molecular weight excluding hydrogens is 288 g/mol. The van der Waals surface area contributed by atoms with Gasteiger partial charge in [0.25, 0.3) is 0 Å². The van der Waals surface area contributed by atoms with Gasteiger partial charge in [0.2, 0.25) is 5.82 Å². The topological polar surface area (TPSA) is 43.1 Å². The van der Waals surface area contributed by atoms with E-state index in [1.165, 1.54) is 6.07 Å². The molecule has 0 amide bonds. The molecule has 0 aliphatic carbocycles. The molecule has 19 heavy (non-hydrogen) atoms. The zero-order valence-corrected chi connectivity index (χ0v) is 9.67. The number of hydrogen-bond donors (Lipinski definition) is 0. The molecule has 0 bridgehead atoms. The van der Waals surface area contributed by atoms with Crippen LogP contribution in [-0.4, -0.2) is 19.6 Å². The van der Waals surface area contributed by atoms with E-state index in [-0.39, 0.29) is 21.8 Å². The fraction of sp³-hybridized carbons (Fsp3) is 0.100. The van der Waals surface area contributed by atoms with Crippen molar-refractivity contribution in [3.05, 3.63) is 35.0 Å². The van der Waals surface area contributed by atoms with Gasteiger partial charge in [-0.25, -0.2) is 9.37 Å². The molecule has 0 aliphatic rings. The van der Waals surface area contributed by atoms with E-state index in [9.17, 15) is 17.6 Å². The second-order valence-corrected chi connectivity index (χ2v) is 4.07. The van der Waals surface area contributed by atoms with Gasteiger partial charge in [0, 0.05) is 6.07 Å². The van der Waals surface area contributed by atoms with Crippen molar-refractivity contribution in [2.24, 2.45) is 0 Å². The summed E-state index contributed by atoms with van der Waals surface area (Å²) in [5, 5.41) is 6.15.